The fourth-order valence-electron chi connectivity index (χ4n) is 1.32. The Morgan fingerprint density at radius 2 is 1.75 bits per heavy atom. The van der Waals surface area contributed by atoms with Crippen LogP contribution in [0.5, 0.6) is 0 Å². The monoisotopic (exact) mass is 215 g/mol. The summed E-state index contributed by atoms with van der Waals surface area (Å²) in [6, 6.07) is 9.67. The first-order valence-electron chi connectivity index (χ1n) is 5.75. The highest BCUT2D eigenvalue weighted by molar-refractivity contribution is 5.53. The van der Waals surface area contributed by atoms with E-state index in [-0.39, 0.29) is 11.7 Å². The maximum absolute atomic E-state index is 7.64. The van der Waals surface area contributed by atoms with Crippen molar-refractivity contribution in [3.05, 3.63) is 42.5 Å². The van der Waals surface area contributed by atoms with E-state index in [2.05, 4.69) is 15.0 Å². The van der Waals surface area contributed by atoms with E-state index >= 15 is 0 Å². The largest absolute Gasteiger partial charge is 0.221 e. The third-order valence-electron chi connectivity index (χ3n) is 2.23. The molecule has 16 heavy (non-hydrogen) atoms. The molecule has 0 unspecified atom stereocenters. The number of nitrogens with zero attached hydrogens (tertiary/aromatic N) is 3. The molecule has 0 aliphatic heterocycles. The van der Waals surface area contributed by atoms with Gasteiger partial charge in [0.25, 0.3) is 0 Å². The van der Waals surface area contributed by atoms with Crippen LogP contribution in [-0.2, 0) is 5.41 Å². The minimum absolute atomic E-state index is 0.0174. The van der Waals surface area contributed by atoms with Crippen molar-refractivity contribution in [3.63, 3.8) is 0 Å². The zero-order chi connectivity index (χ0) is 12.5. The molecule has 0 amide bonds. The van der Waals surface area contributed by atoms with Crippen LogP contribution < -0.4 is 0 Å². The smallest absolute Gasteiger partial charge is 0.163 e. The summed E-state index contributed by atoms with van der Waals surface area (Å²) in [5, 5.41) is 0. The normalized spacial score (nSPS) is 12.3. The molecular formula is C13H15N3. The molecule has 0 aliphatic rings. The van der Waals surface area contributed by atoms with Crippen LogP contribution in [0.3, 0.4) is 0 Å². The zero-order valence-corrected chi connectivity index (χ0v) is 9.73. The van der Waals surface area contributed by atoms with Gasteiger partial charge in [0.15, 0.2) is 5.82 Å². The van der Waals surface area contributed by atoms with Crippen LogP contribution in [0.25, 0.3) is 11.4 Å². The summed E-state index contributed by atoms with van der Waals surface area (Å²) in [6.45, 7) is 6.07. The first-order chi connectivity index (χ1) is 7.97. The Morgan fingerprint density at radius 3 is 2.38 bits per heavy atom. The van der Waals surface area contributed by atoms with Crippen molar-refractivity contribution in [3.8, 4) is 11.4 Å². The third kappa shape index (κ3) is 2.24. The third-order valence-corrected chi connectivity index (χ3v) is 2.23. The van der Waals surface area contributed by atoms with Gasteiger partial charge in [-0.25, -0.2) is 15.0 Å². The number of benzene rings is 1. The van der Waals surface area contributed by atoms with E-state index in [0.717, 1.165) is 5.56 Å². The highest BCUT2D eigenvalue weighted by Crippen LogP contribution is 2.20. The van der Waals surface area contributed by atoms with E-state index < -0.39 is 0 Å². The van der Waals surface area contributed by atoms with Gasteiger partial charge < -0.3 is 0 Å². The van der Waals surface area contributed by atoms with Gasteiger partial charge in [0.1, 0.15) is 13.5 Å². The molecule has 0 atom stereocenters. The fraction of sp³-hybridized carbons (Fsp3) is 0.308. The van der Waals surface area contributed by atoms with Crippen LogP contribution in [0.1, 0.15) is 28.0 Å². The van der Waals surface area contributed by atoms with E-state index in [1.165, 1.54) is 0 Å². The molecule has 0 fully saturated rings. The minimum Gasteiger partial charge on any atom is -0.221 e. The summed E-state index contributed by atoms with van der Waals surface area (Å²) in [4.78, 5) is 12.6. The van der Waals surface area contributed by atoms with Crippen molar-refractivity contribution in [1.82, 2.24) is 15.0 Å². The van der Waals surface area contributed by atoms with Crippen LogP contribution in [0.4, 0.5) is 0 Å². The molecule has 2 aromatic rings. The van der Waals surface area contributed by atoms with Gasteiger partial charge in [0.2, 0.25) is 0 Å². The summed E-state index contributed by atoms with van der Waals surface area (Å²) in [5.41, 5.74) is 0.733. The summed E-state index contributed by atoms with van der Waals surface area (Å²) >= 11 is 0. The van der Waals surface area contributed by atoms with Crippen molar-refractivity contribution in [2.45, 2.75) is 26.2 Å². The molecule has 1 aromatic carbocycles. The Bertz CT molecular complexity index is 518. The molecule has 1 heterocycles. The van der Waals surface area contributed by atoms with Gasteiger partial charge in [-0.05, 0) is 0 Å². The maximum Gasteiger partial charge on any atom is 0.163 e. The fourth-order valence-corrected chi connectivity index (χ4v) is 1.32. The Labute approximate surface area is 97.0 Å². The number of hydrogen-bond donors (Lipinski definition) is 0. The van der Waals surface area contributed by atoms with Gasteiger partial charge in [-0.2, -0.15) is 0 Å². The molecule has 0 N–H and O–H groups in total. The van der Waals surface area contributed by atoms with Crippen molar-refractivity contribution in [2.24, 2.45) is 0 Å². The second-order valence-corrected chi connectivity index (χ2v) is 4.70. The van der Waals surface area contributed by atoms with E-state index in [1.807, 2.05) is 51.1 Å². The lowest BCUT2D eigenvalue weighted by Crippen LogP contribution is -2.16. The van der Waals surface area contributed by atoms with E-state index in [1.54, 1.807) is 0 Å². The molecule has 0 aliphatic carbocycles. The second kappa shape index (κ2) is 4.00. The van der Waals surface area contributed by atoms with Crippen LogP contribution in [-0.4, -0.2) is 15.0 Å². The zero-order valence-electron chi connectivity index (χ0n) is 10.7. The van der Waals surface area contributed by atoms with E-state index in [4.69, 9.17) is 1.37 Å². The lowest BCUT2D eigenvalue weighted by molar-refractivity contribution is 0.542. The van der Waals surface area contributed by atoms with Gasteiger partial charge in [0.05, 0.1) is 0 Å². The molecule has 1 aromatic heterocycles. The first-order valence-corrected chi connectivity index (χ1v) is 5.25. The average molecular weight is 215 g/mol. The predicted octanol–water partition coefficient (Wildman–Crippen LogP) is 2.84. The Morgan fingerprint density at radius 1 is 1.06 bits per heavy atom. The summed E-state index contributed by atoms with van der Waals surface area (Å²) in [7, 11) is 0. The topological polar surface area (TPSA) is 38.7 Å². The molecule has 3 nitrogen and oxygen atoms in total. The van der Waals surface area contributed by atoms with Crippen molar-refractivity contribution in [2.75, 3.05) is 0 Å². The van der Waals surface area contributed by atoms with Crippen molar-refractivity contribution in [1.29, 1.82) is 0 Å². The standard InChI is InChI=1S/C13H15N3/c1-13(2,3)12-15-9-14-11(16-12)10-7-5-4-6-8-10/h4-9H,1-3H3/i9T. The van der Waals surface area contributed by atoms with Crippen LogP contribution in [0.2, 0.25) is 0 Å². The van der Waals surface area contributed by atoms with Gasteiger partial charge in [-0.3, -0.25) is 0 Å². The lowest BCUT2D eigenvalue weighted by Gasteiger charge is -2.16. The summed E-state index contributed by atoms with van der Waals surface area (Å²) in [5.74, 6) is 1.21. The van der Waals surface area contributed by atoms with Crippen LogP contribution >= 0.6 is 0 Å². The van der Waals surface area contributed by atoms with Crippen LogP contribution in [0, 0.1) is 0 Å². The molecule has 2 rings (SSSR count). The average Bonchev–Trinajstić information content (AvgIpc) is 2.28. The van der Waals surface area contributed by atoms with Crippen molar-refractivity contribution < 1.29 is 1.37 Å². The molecule has 0 bridgehead atoms. The number of rotatable bonds is 1. The van der Waals surface area contributed by atoms with Gasteiger partial charge in [0, 0.05) is 11.0 Å². The molecular weight excluding hydrogens is 198 g/mol. The van der Waals surface area contributed by atoms with E-state index in [9.17, 15) is 0 Å². The summed E-state index contributed by atoms with van der Waals surface area (Å²) < 4.78 is 7.64. The molecule has 3 heteroatoms. The quantitative estimate of drug-likeness (QED) is 0.734. The lowest BCUT2D eigenvalue weighted by atomic mass is 9.96. The van der Waals surface area contributed by atoms with Gasteiger partial charge >= 0.3 is 0 Å². The van der Waals surface area contributed by atoms with Gasteiger partial charge in [-0.1, -0.05) is 51.1 Å². The molecule has 82 valence electrons. The number of hydrogen-bond acceptors (Lipinski definition) is 3. The Hall–Kier alpha value is -1.77. The highest BCUT2D eigenvalue weighted by atomic mass is 15.0. The van der Waals surface area contributed by atoms with E-state index in [0.29, 0.717) is 11.6 Å². The maximum atomic E-state index is 7.64. The molecule has 0 radical (unpaired) electrons. The number of aromatic nitrogens is 3. The predicted molar refractivity (Wildman–Crippen MR) is 64.0 cm³/mol. The van der Waals surface area contributed by atoms with Gasteiger partial charge in [-0.15, -0.1) is 0 Å². The summed E-state index contributed by atoms with van der Waals surface area (Å²) in [6.07, 6.45) is 0.0174. The SMILES string of the molecule is [3H]c1nc(-c2ccccc2)nc(C(C)(C)C)n1. The second-order valence-electron chi connectivity index (χ2n) is 4.70. The van der Waals surface area contributed by atoms with Crippen LogP contribution in [0.15, 0.2) is 36.6 Å². The molecule has 0 saturated heterocycles. The Kier molecular flexibility index (Phi) is 2.37. The first kappa shape index (κ1) is 9.46. The van der Waals surface area contributed by atoms with Crippen molar-refractivity contribution >= 4 is 0 Å². The minimum atomic E-state index is -0.178. The molecule has 0 saturated carbocycles. The Balaban J connectivity index is 2.54. The highest BCUT2D eigenvalue weighted by Gasteiger charge is 2.17. The molecule has 0 spiro atoms.